The van der Waals surface area contributed by atoms with Crippen molar-refractivity contribution < 1.29 is 4.74 Å². The lowest BCUT2D eigenvalue weighted by molar-refractivity contribution is 0.181. The van der Waals surface area contributed by atoms with E-state index < -0.39 is 0 Å². The molecule has 1 N–H and O–H groups in total. The van der Waals surface area contributed by atoms with Crippen molar-refractivity contribution in [3.05, 3.63) is 48.0 Å². The van der Waals surface area contributed by atoms with Gasteiger partial charge in [-0.2, -0.15) is 0 Å². The van der Waals surface area contributed by atoms with Crippen molar-refractivity contribution in [1.82, 2.24) is 5.32 Å². The van der Waals surface area contributed by atoms with E-state index in [4.69, 9.17) is 4.74 Å². The van der Waals surface area contributed by atoms with Gasteiger partial charge >= 0.3 is 0 Å². The maximum atomic E-state index is 5.48. The van der Waals surface area contributed by atoms with E-state index in [2.05, 4.69) is 54.8 Å². The van der Waals surface area contributed by atoms with Crippen molar-refractivity contribution in [3.8, 4) is 0 Å². The van der Waals surface area contributed by atoms with Gasteiger partial charge < -0.3 is 10.1 Å². The van der Waals surface area contributed by atoms with Crippen molar-refractivity contribution in [2.24, 2.45) is 5.92 Å². The summed E-state index contributed by atoms with van der Waals surface area (Å²) in [6.07, 6.45) is 2.36. The Morgan fingerprint density at radius 1 is 1.21 bits per heavy atom. The summed E-state index contributed by atoms with van der Waals surface area (Å²) in [4.78, 5) is 0. The Morgan fingerprint density at radius 2 is 2.05 bits per heavy atom. The molecule has 19 heavy (non-hydrogen) atoms. The molecule has 0 saturated carbocycles. The van der Waals surface area contributed by atoms with E-state index in [9.17, 15) is 0 Å². The Hall–Kier alpha value is -1.38. The van der Waals surface area contributed by atoms with Crippen LogP contribution in [0.15, 0.2) is 42.5 Å². The second-order valence-electron chi connectivity index (χ2n) is 5.41. The summed E-state index contributed by atoms with van der Waals surface area (Å²) in [7, 11) is 2.05. The first kappa shape index (κ1) is 12.6. The third kappa shape index (κ3) is 2.80. The molecule has 1 aliphatic heterocycles. The van der Waals surface area contributed by atoms with Crippen molar-refractivity contribution >= 4 is 10.8 Å². The Morgan fingerprint density at radius 3 is 2.79 bits per heavy atom. The molecule has 0 aliphatic carbocycles. The SMILES string of the molecule is CNC(CC1CCOC1)c1ccc2ccccc2c1. The summed E-state index contributed by atoms with van der Waals surface area (Å²) >= 11 is 0. The molecule has 0 amide bonds. The first-order valence-corrected chi connectivity index (χ1v) is 7.10. The van der Waals surface area contributed by atoms with Gasteiger partial charge in [0.25, 0.3) is 0 Å². The van der Waals surface area contributed by atoms with E-state index in [1.54, 1.807) is 0 Å². The molecule has 0 radical (unpaired) electrons. The summed E-state index contributed by atoms with van der Waals surface area (Å²) in [5.74, 6) is 0.698. The summed E-state index contributed by atoms with van der Waals surface area (Å²) in [5, 5.41) is 6.09. The molecule has 2 unspecified atom stereocenters. The number of nitrogens with one attached hydrogen (secondary N) is 1. The summed E-state index contributed by atoms with van der Waals surface area (Å²) < 4.78 is 5.48. The number of hydrogen-bond donors (Lipinski definition) is 1. The van der Waals surface area contributed by atoms with Crippen LogP contribution in [0, 0.1) is 5.92 Å². The number of hydrogen-bond acceptors (Lipinski definition) is 2. The third-order valence-corrected chi connectivity index (χ3v) is 4.12. The zero-order valence-electron chi connectivity index (χ0n) is 11.4. The normalized spacial score (nSPS) is 20.8. The predicted molar refractivity (Wildman–Crippen MR) is 79.3 cm³/mol. The van der Waals surface area contributed by atoms with Crippen molar-refractivity contribution in [1.29, 1.82) is 0 Å². The average Bonchev–Trinajstić information content (AvgIpc) is 2.97. The minimum Gasteiger partial charge on any atom is -0.381 e. The lowest BCUT2D eigenvalue weighted by Crippen LogP contribution is -2.20. The summed E-state index contributed by atoms with van der Waals surface area (Å²) in [6.45, 7) is 1.85. The van der Waals surface area contributed by atoms with Crippen LogP contribution < -0.4 is 5.32 Å². The van der Waals surface area contributed by atoms with E-state index in [0.717, 1.165) is 19.6 Å². The quantitative estimate of drug-likeness (QED) is 0.902. The molecule has 0 bridgehead atoms. The van der Waals surface area contributed by atoms with Gasteiger partial charge in [0, 0.05) is 19.3 Å². The lowest BCUT2D eigenvalue weighted by atomic mass is 9.93. The van der Waals surface area contributed by atoms with Crippen LogP contribution in [0.1, 0.15) is 24.4 Å². The second kappa shape index (κ2) is 5.72. The third-order valence-electron chi connectivity index (χ3n) is 4.12. The highest BCUT2D eigenvalue weighted by molar-refractivity contribution is 5.83. The molecule has 1 heterocycles. The maximum absolute atomic E-state index is 5.48. The fourth-order valence-electron chi connectivity index (χ4n) is 2.95. The molecule has 2 aromatic carbocycles. The van der Waals surface area contributed by atoms with Gasteiger partial charge in [0.15, 0.2) is 0 Å². The first-order chi connectivity index (χ1) is 9.36. The molecule has 1 saturated heterocycles. The van der Waals surface area contributed by atoms with Crippen molar-refractivity contribution in [3.63, 3.8) is 0 Å². The van der Waals surface area contributed by atoms with E-state index in [1.165, 1.54) is 22.8 Å². The fraction of sp³-hybridized carbons (Fsp3) is 0.412. The van der Waals surface area contributed by atoms with Gasteiger partial charge in [-0.25, -0.2) is 0 Å². The molecule has 2 aromatic rings. The highest BCUT2D eigenvalue weighted by Gasteiger charge is 2.20. The topological polar surface area (TPSA) is 21.3 Å². The molecule has 2 heteroatoms. The molecule has 3 rings (SSSR count). The van der Waals surface area contributed by atoms with Crippen LogP contribution in [-0.4, -0.2) is 20.3 Å². The minimum absolute atomic E-state index is 0.427. The summed E-state index contributed by atoms with van der Waals surface area (Å²) in [5.41, 5.74) is 1.38. The van der Waals surface area contributed by atoms with Crippen LogP contribution in [-0.2, 0) is 4.74 Å². The highest BCUT2D eigenvalue weighted by Crippen LogP contribution is 2.28. The second-order valence-corrected chi connectivity index (χ2v) is 5.41. The van der Waals surface area contributed by atoms with Crippen LogP contribution >= 0.6 is 0 Å². The van der Waals surface area contributed by atoms with Gasteiger partial charge in [0.1, 0.15) is 0 Å². The zero-order chi connectivity index (χ0) is 13.1. The lowest BCUT2D eigenvalue weighted by Gasteiger charge is -2.20. The smallest absolute Gasteiger partial charge is 0.0495 e. The van der Waals surface area contributed by atoms with Gasteiger partial charge in [-0.3, -0.25) is 0 Å². The molecule has 2 atom stereocenters. The van der Waals surface area contributed by atoms with E-state index in [1.807, 2.05) is 0 Å². The fourth-order valence-corrected chi connectivity index (χ4v) is 2.95. The van der Waals surface area contributed by atoms with E-state index in [-0.39, 0.29) is 0 Å². The Labute approximate surface area is 114 Å². The van der Waals surface area contributed by atoms with Crippen LogP contribution in [0.3, 0.4) is 0 Å². The Bertz CT molecular complexity index is 546. The number of benzene rings is 2. The Balaban J connectivity index is 1.83. The molecule has 0 spiro atoms. The predicted octanol–water partition coefficient (Wildman–Crippen LogP) is 3.53. The highest BCUT2D eigenvalue weighted by atomic mass is 16.5. The largest absolute Gasteiger partial charge is 0.381 e. The number of rotatable bonds is 4. The van der Waals surface area contributed by atoms with Crippen LogP contribution in [0.5, 0.6) is 0 Å². The standard InChI is InChI=1S/C17H21NO/c1-18-17(10-13-8-9-19-12-13)16-7-6-14-4-2-3-5-15(14)11-16/h2-7,11,13,17-18H,8-10,12H2,1H3. The van der Waals surface area contributed by atoms with Crippen molar-refractivity contribution in [2.45, 2.75) is 18.9 Å². The number of ether oxygens (including phenoxy) is 1. The van der Waals surface area contributed by atoms with Crippen LogP contribution in [0.25, 0.3) is 10.8 Å². The first-order valence-electron chi connectivity index (χ1n) is 7.10. The average molecular weight is 255 g/mol. The van der Waals surface area contributed by atoms with Gasteiger partial charge in [0.2, 0.25) is 0 Å². The van der Waals surface area contributed by atoms with Gasteiger partial charge in [0.05, 0.1) is 0 Å². The Kier molecular flexibility index (Phi) is 3.81. The molecule has 100 valence electrons. The molecule has 1 aliphatic rings. The van der Waals surface area contributed by atoms with Gasteiger partial charge in [-0.15, -0.1) is 0 Å². The molecule has 1 fully saturated rings. The molecular weight excluding hydrogens is 234 g/mol. The summed E-state index contributed by atoms with van der Waals surface area (Å²) in [6, 6.07) is 15.8. The zero-order valence-corrected chi connectivity index (χ0v) is 11.4. The van der Waals surface area contributed by atoms with Gasteiger partial charge in [-0.05, 0) is 48.2 Å². The van der Waals surface area contributed by atoms with E-state index in [0.29, 0.717) is 12.0 Å². The number of fused-ring (bicyclic) bond motifs is 1. The van der Waals surface area contributed by atoms with Gasteiger partial charge in [-0.1, -0.05) is 36.4 Å². The van der Waals surface area contributed by atoms with E-state index >= 15 is 0 Å². The molecular formula is C17H21NO. The maximum Gasteiger partial charge on any atom is 0.0495 e. The molecule has 2 nitrogen and oxygen atoms in total. The molecule has 0 aromatic heterocycles. The minimum atomic E-state index is 0.427. The monoisotopic (exact) mass is 255 g/mol. The van der Waals surface area contributed by atoms with Crippen molar-refractivity contribution in [2.75, 3.05) is 20.3 Å². The van der Waals surface area contributed by atoms with Crippen LogP contribution in [0.4, 0.5) is 0 Å². The van der Waals surface area contributed by atoms with Crippen LogP contribution in [0.2, 0.25) is 0 Å².